The Bertz CT molecular complexity index is 535. The van der Waals surface area contributed by atoms with Gasteiger partial charge < -0.3 is 5.73 Å². The van der Waals surface area contributed by atoms with E-state index in [1.807, 2.05) is 31.2 Å². The van der Waals surface area contributed by atoms with Gasteiger partial charge in [-0.25, -0.2) is 0 Å². The number of nitrogens with zero attached hydrogens (tertiary/aromatic N) is 1. The zero-order chi connectivity index (χ0) is 11.5. The fraction of sp³-hybridized carbons (Fsp3) is 0.0769. The molecular weight excluding hydrogens is 200 g/mol. The summed E-state index contributed by atoms with van der Waals surface area (Å²) in [5.41, 5.74) is 9.43. The van der Waals surface area contributed by atoms with Crippen LogP contribution in [0.4, 0.5) is 5.69 Å². The zero-order valence-electron chi connectivity index (χ0n) is 8.97. The molecule has 0 fully saturated rings. The Balaban J connectivity index is 2.57. The van der Waals surface area contributed by atoms with E-state index in [4.69, 9.17) is 5.73 Å². The van der Waals surface area contributed by atoms with Crippen LogP contribution in [0.5, 0.6) is 0 Å². The summed E-state index contributed by atoms with van der Waals surface area (Å²) in [7, 11) is 0. The lowest BCUT2D eigenvalue weighted by Gasteiger charge is -2.06. The predicted molar refractivity (Wildman–Crippen MR) is 64.2 cm³/mol. The van der Waals surface area contributed by atoms with Crippen LogP contribution in [0, 0.1) is 6.92 Å². The number of nitrogen functional groups attached to an aromatic ring is 1. The van der Waals surface area contributed by atoms with Gasteiger partial charge in [-0.05, 0) is 18.6 Å². The van der Waals surface area contributed by atoms with Gasteiger partial charge in [0.05, 0.1) is 17.6 Å². The SMILES string of the molecule is Cc1ccccc1-c1cc(C=O)c(N)cn1. The minimum Gasteiger partial charge on any atom is -0.397 e. The van der Waals surface area contributed by atoms with E-state index in [9.17, 15) is 4.79 Å². The van der Waals surface area contributed by atoms with Crippen molar-refractivity contribution >= 4 is 12.0 Å². The van der Waals surface area contributed by atoms with Crippen LogP contribution in [0.15, 0.2) is 36.5 Å². The van der Waals surface area contributed by atoms with E-state index in [-0.39, 0.29) is 0 Å². The molecule has 0 radical (unpaired) electrons. The Morgan fingerprint density at radius 2 is 2.06 bits per heavy atom. The van der Waals surface area contributed by atoms with Crippen LogP contribution in [0.2, 0.25) is 0 Å². The molecule has 0 aliphatic carbocycles. The fourth-order valence-corrected chi connectivity index (χ4v) is 1.59. The first-order valence-corrected chi connectivity index (χ1v) is 4.99. The maximum absolute atomic E-state index is 10.8. The maximum Gasteiger partial charge on any atom is 0.152 e. The predicted octanol–water partition coefficient (Wildman–Crippen LogP) is 2.45. The number of anilines is 1. The molecule has 2 rings (SSSR count). The average Bonchev–Trinajstić information content (AvgIpc) is 2.31. The van der Waals surface area contributed by atoms with E-state index in [0.717, 1.165) is 23.1 Å². The highest BCUT2D eigenvalue weighted by molar-refractivity contribution is 5.85. The third-order valence-electron chi connectivity index (χ3n) is 2.52. The summed E-state index contributed by atoms with van der Waals surface area (Å²) in [4.78, 5) is 15.0. The number of carbonyl (C=O) groups excluding carboxylic acids is 1. The molecule has 3 nitrogen and oxygen atoms in total. The van der Waals surface area contributed by atoms with Gasteiger partial charge in [0.25, 0.3) is 0 Å². The monoisotopic (exact) mass is 212 g/mol. The molecule has 1 heterocycles. The number of hydrogen-bond donors (Lipinski definition) is 1. The molecule has 2 aromatic rings. The van der Waals surface area contributed by atoms with E-state index < -0.39 is 0 Å². The molecule has 3 heteroatoms. The third-order valence-corrected chi connectivity index (χ3v) is 2.52. The molecule has 0 bridgehead atoms. The maximum atomic E-state index is 10.8. The minimum absolute atomic E-state index is 0.410. The lowest BCUT2D eigenvalue weighted by atomic mass is 10.0. The van der Waals surface area contributed by atoms with E-state index in [1.54, 1.807) is 6.07 Å². The Kier molecular flexibility index (Phi) is 2.68. The van der Waals surface area contributed by atoms with Crippen LogP contribution in [0.3, 0.4) is 0 Å². The second-order valence-electron chi connectivity index (χ2n) is 3.63. The highest BCUT2D eigenvalue weighted by Crippen LogP contribution is 2.23. The summed E-state index contributed by atoms with van der Waals surface area (Å²) in [6.07, 6.45) is 2.27. The van der Waals surface area contributed by atoms with Crippen LogP contribution in [0.25, 0.3) is 11.3 Å². The zero-order valence-corrected chi connectivity index (χ0v) is 8.97. The first kappa shape index (κ1) is 10.4. The van der Waals surface area contributed by atoms with Gasteiger partial charge in [0, 0.05) is 11.1 Å². The molecule has 0 aliphatic rings. The Hall–Kier alpha value is -2.16. The summed E-state index contributed by atoms with van der Waals surface area (Å²) in [5, 5.41) is 0. The van der Waals surface area contributed by atoms with Crippen molar-refractivity contribution in [3.8, 4) is 11.3 Å². The van der Waals surface area contributed by atoms with Crippen molar-refractivity contribution < 1.29 is 4.79 Å². The molecular formula is C13H12N2O. The largest absolute Gasteiger partial charge is 0.397 e. The lowest BCUT2D eigenvalue weighted by Crippen LogP contribution is -1.96. The summed E-state index contributed by atoms with van der Waals surface area (Å²) < 4.78 is 0. The van der Waals surface area contributed by atoms with Crippen molar-refractivity contribution in [3.05, 3.63) is 47.7 Å². The van der Waals surface area contributed by atoms with Crippen molar-refractivity contribution in [2.75, 3.05) is 5.73 Å². The molecule has 0 aliphatic heterocycles. The molecule has 0 saturated heterocycles. The summed E-state index contributed by atoms with van der Waals surface area (Å²) in [6.45, 7) is 2.01. The normalized spacial score (nSPS) is 10.1. The van der Waals surface area contributed by atoms with E-state index in [2.05, 4.69) is 4.98 Å². The second kappa shape index (κ2) is 4.14. The van der Waals surface area contributed by atoms with Gasteiger partial charge in [0.15, 0.2) is 6.29 Å². The number of benzene rings is 1. The van der Waals surface area contributed by atoms with Gasteiger partial charge in [-0.1, -0.05) is 24.3 Å². The van der Waals surface area contributed by atoms with Crippen LogP contribution in [-0.4, -0.2) is 11.3 Å². The number of rotatable bonds is 2. The van der Waals surface area contributed by atoms with E-state index >= 15 is 0 Å². The van der Waals surface area contributed by atoms with Gasteiger partial charge in [0.1, 0.15) is 0 Å². The molecule has 0 atom stereocenters. The van der Waals surface area contributed by atoms with Crippen molar-refractivity contribution in [2.24, 2.45) is 0 Å². The Morgan fingerprint density at radius 3 is 2.75 bits per heavy atom. The highest BCUT2D eigenvalue weighted by atomic mass is 16.1. The third kappa shape index (κ3) is 1.80. The fourth-order valence-electron chi connectivity index (χ4n) is 1.59. The van der Waals surface area contributed by atoms with Gasteiger partial charge >= 0.3 is 0 Å². The number of pyridine rings is 1. The Morgan fingerprint density at radius 1 is 1.31 bits per heavy atom. The second-order valence-corrected chi connectivity index (χ2v) is 3.63. The summed E-state index contributed by atoms with van der Waals surface area (Å²) in [5.74, 6) is 0. The molecule has 0 spiro atoms. The smallest absolute Gasteiger partial charge is 0.152 e. The van der Waals surface area contributed by atoms with Crippen molar-refractivity contribution in [1.82, 2.24) is 4.98 Å². The van der Waals surface area contributed by atoms with Gasteiger partial charge in [-0.2, -0.15) is 0 Å². The average molecular weight is 212 g/mol. The van der Waals surface area contributed by atoms with E-state index in [0.29, 0.717) is 11.3 Å². The summed E-state index contributed by atoms with van der Waals surface area (Å²) in [6, 6.07) is 9.61. The van der Waals surface area contributed by atoms with Crippen molar-refractivity contribution in [1.29, 1.82) is 0 Å². The molecule has 80 valence electrons. The summed E-state index contributed by atoms with van der Waals surface area (Å²) >= 11 is 0. The molecule has 16 heavy (non-hydrogen) atoms. The standard InChI is InChI=1S/C13H12N2O/c1-9-4-2-3-5-11(9)13-6-10(8-16)12(14)7-15-13/h2-8H,14H2,1H3. The highest BCUT2D eigenvalue weighted by Gasteiger charge is 2.05. The van der Waals surface area contributed by atoms with Crippen LogP contribution in [-0.2, 0) is 0 Å². The van der Waals surface area contributed by atoms with Crippen LogP contribution < -0.4 is 5.73 Å². The van der Waals surface area contributed by atoms with Crippen LogP contribution >= 0.6 is 0 Å². The molecule has 1 aromatic carbocycles. The van der Waals surface area contributed by atoms with Gasteiger partial charge in [-0.3, -0.25) is 9.78 Å². The minimum atomic E-state index is 0.410. The molecule has 2 N–H and O–H groups in total. The molecule has 1 aromatic heterocycles. The number of hydrogen-bond acceptors (Lipinski definition) is 3. The molecule has 0 saturated carbocycles. The van der Waals surface area contributed by atoms with Gasteiger partial charge in [-0.15, -0.1) is 0 Å². The first-order chi connectivity index (χ1) is 7.72. The number of carbonyl (C=O) groups is 1. The molecule has 0 unspecified atom stereocenters. The Labute approximate surface area is 93.9 Å². The first-order valence-electron chi connectivity index (χ1n) is 4.99. The van der Waals surface area contributed by atoms with Gasteiger partial charge in [0.2, 0.25) is 0 Å². The quantitative estimate of drug-likeness (QED) is 0.778. The van der Waals surface area contributed by atoms with Crippen molar-refractivity contribution in [3.63, 3.8) is 0 Å². The number of nitrogens with two attached hydrogens (primary N) is 1. The van der Waals surface area contributed by atoms with Crippen molar-refractivity contribution in [2.45, 2.75) is 6.92 Å². The van der Waals surface area contributed by atoms with E-state index in [1.165, 1.54) is 6.20 Å². The number of aromatic nitrogens is 1. The topological polar surface area (TPSA) is 56.0 Å². The van der Waals surface area contributed by atoms with Crippen LogP contribution in [0.1, 0.15) is 15.9 Å². The number of aldehydes is 1. The number of aryl methyl sites for hydroxylation is 1. The lowest BCUT2D eigenvalue weighted by molar-refractivity contribution is 0.112. The molecule has 0 amide bonds.